The third kappa shape index (κ3) is 4.48. The van der Waals surface area contributed by atoms with Crippen LogP contribution in [-0.2, 0) is 11.3 Å². The largest absolute Gasteiger partial charge is 0.450 e. The number of piperidine rings is 1. The molecule has 9 heteroatoms. The number of benzene rings is 1. The molecule has 1 saturated heterocycles. The molecule has 0 saturated carbocycles. The number of nitrogens with zero attached hydrogens (tertiary/aromatic N) is 5. The number of fused-ring (bicyclic) bond motifs is 1. The maximum absolute atomic E-state index is 13.4. The van der Waals surface area contributed by atoms with Crippen molar-refractivity contribution in [2.45, 2.75) is 38.3 Å². The van der Waals surface area contributed by atoms with Crippen LogP contribution >= 0.6 is 0 Å². The van der Waals surface area contributed by atoms with Crippen LogP contribution in [0, 0.1) is 0 Å². The van der Waals surface area contributed by atoms with Crippen LogP contribution in [0.5, 0.6) is 0 Å². The van der Waals surface area contributed by atoms with Crippen LogP contribution in [0.4, 0.5) is 10.7 Å². The van der Waals surface area contributed by atoms with Gasteiger partial charge in [0.25, 0.3) is 5.56 Å². The van der Waals surface area contributed by atoms with Crippen LogP contribution in [0.2, 0.25) is 0 Å². The lowest BCUT2D eigenvalue weighted by Gasteiger charge is -2.51. The fourth-order valence-corrected chi connectivity index (χ4v) is 5.19. The Bertz CT molecular complexity index is 1300. The molecule has 0 radical (unpaired) electrons. The average molecular weight is 488 g/mol. The zero-order valence-electron chi connectivity index (χ0n) is 20.3. The fraction of sp³-hybridized carbons (Fsp3) is 0.370. The summed E-state index contributed by atoms with van der Waals surface area (Å²) in [7, 11) is 0. The summed E-state index contributed by atoms with van der Waals surface area (Å²) in [4.78, 5) is 51.6. The molecule has 2 aromatic heterocycles. The van der Waals surface area contributed by atoms with E-state index in [0.717, 1.165) is 5.56 Å². The second kappa shape index (κ2) is 9.93. The summed E-state index contributed by atoms with van der Waals surface area (Å²) in [5, 5.41) is 0. The van der Waals surface area contributed by atoms with E-state index in [1.54, 1.807) is 40.9 Å². The number of anilines is 1. The van der Waals surface area contributed by atoms with E-state index in [-0.39, 0.29) is 24.0 Å². The molecule has 1 spiro atoms. The molecule has 36 heavy (non-hydrogen) atoms. The minimum atomic E-state index is -0.399. The van der Waals surface area contributed by atoms with E-state index < -0.39 is 5.54 Å². The third-order valence-corrected chi connectivity index (χ3v) is 7.20. The monoisotopic (exact) mass is 487 g/mol. The zero-order valence-corrected chi connectivity index (χ0v) is 20.3. The molecular weight excluding hydrogens is 458 g/mol. The Morgan fingerprint density at radius 2 is 1.69 bits per heavy atom. The number of rotatable bonds is 5. The van der Waals surface area contributed by atoms with Crippen molar-refractivity contribution in [3.05, 3.63) is 76.8 Å². The number of aromatic nitrogens is 3. The summed E-state index contributed by atoms with van der Waals surface area (Å²) in [6, 6.07) is 14.3. The topological polar surface area (TPSA) is 97.6 Å². The van der Waals surface area contributed by atoms with Crippen molar-refractivity contribution in [1.29, 1.82) is 0 Å². The molecule has 2 aliphatic heterocycles. The Morgan fingerprint density at radius 3 is 2.39 bits per heavy atom. The van der Waals surface area contributed by atoms with Crippen LogP contribution in [-0.4, -0.2) is 63.1 Å². The van der Waals surface area contributed by atoms with Gasteiger partial charge in [-0.25, -0.2) is 9.78 Å². The van der Waals surface area contributed by atoms with E-state index in [4.69, 9.17) is 9.72 Å². The number of ether oxygens (including phenoxy) is 1. The number of amides is 1. The summed E-state index contributed by atoms with van der Waals surface area (Å²) in [6.07, 6.45) is 5.01. The number of pyridine rings is 1. The van der Waals surface area contributed by atoms with Gasteiger partial charge in [0.05, 0.1) is 18.8 Å². The maximum Gasteiger partial charge on any atom is 0.409 e. The molecule has 1 aromatic carbocycles. The minimum absolute atomic E-state index is 0.0418. The molecule has 1 fully saturated rings. The molecular formula is C27H29N5O4. The van der Waals surface area contributed by atoms with Crippen molar-refractivity contribution < 1.29 is 14.3 Å². The number of Topliss-reactive ketones (excluding diaryl/α,β-unsaturated/α-hetero) is 1. The average Bonchev–Trinajstić information content (AvgIpc) is 2.91. The second-order valence-electron chi connectivity index (χ2n) is 9.20. The van der Waals surface area contributed by atoms with E-state index in [0.29, 0.717) is 62.7 Å². The van der Waals surface area contributed by atoms with Crippen molar-refractivity contribution in [2.75, 3.05) is 31.1 Å². The summed E-state index contributed by atoms with van der Waals surface area (Å²) in [5.74, 6) is 0.453. The molecule has 5 rings (SSSR count). The minimum Gasteiger partial charge on any atom is -0.450 e. The number of hydrogen-bond acceptors (Lipinski definition) is 7. The highest BCUT2D eigenvalue weighted by Gasteiger charge is 2.46. The SMILES string of the molecule is CCOC(=O)N1CCC2(CC1)CCn1c(nc(-c3ccncc3)cc1=O)N2CC(=O)c1ccccc1. The predicted octanol–water partition coefficient (Wildman–Crippen LogP) is 3.39. The molecule has 0 N–H and O–H groups in total. The lowest BCUT2D eigenvalue weighted by atomic mass is 9.81. The second-order valence-corrected chi connectivity index (χ2v) is 9.20. The standard InChI is InChI=1S/C27H29N5O4/c1-2-36-26(35)30-15-10-27(11-16-30)12-17-31-24(34)18-22(20-8-13-28-14-9-20)29-25(31)32(27)19-23(33)21-6-4-3-5-7-21/h3-9,13-14,18H,2,10-12,15-17,19H2,1H3. The van der Waals surface area contributed by atoms with Crippen molar-refractivity contribution >= 4 is 17.8 Å². The molecule has 0 aliphatic carbocycles. The van der Waals surface area contributed by atoms with Crippen LogP contribution in [0.15, 0.2) is 65.7 Å². The molecule has 186 valence electrons. The Labute approximate surface area is 209 Å². The molecule has 0 bridgehead atoms. The smallest absolute Gasteiger partial charge is 0.409 e. The van der Waals surface area contributed by atoms with Gasteiger partial charge in [-0.05, 0) is 38.3 Å². The van der Waals surface area contributed by atoms with Gasteiger partial charge in [0, 0.05) is 54.8 Å². The van der Waals surface area contributed by atoms with Crippen LogP contribution in [0.3, 0.4) is 0 Å². The number of carbonyl (C=O) groups is 2. The van der Waals surface area contributed by atoms with Gasteiger partial charge >= 0.3 is 6.09 Å². The van der Waals surface area contributed by atoms with Crippen molar-refractivity contribution in [2.24, 2.45) is 0 Å². The van der Waals surface area contributed by atoms with Gasteiger partial charge in [0.15, 0.2) is 5.78 Å². The first kappa shape index (κ1) is 23.7. The molecule has 9 nitrogen and oxygen atoms in total. The van der Waals surface area contributed by atoms with Gasteiger partial charge in [0.1, 0.15) is 0 Å². The van der Waals surface area contributed by atoms with Gasteiger partial charge < -0.3 is 14.5 Å². The molecule has 4 heterocycles. The van der Waals surface area contributed by atoms with Gasteiger partial charge in [-0.1, -0.05) is 30.3 Å². The molecule has 0 atom stereocenters. The van der Waals surface area contributed by atoms with E-state index >= 15 is 0 Å². The van der Waals surface area contributed by atoms with E-state index in [1.165, 1.54) is 6.07 Å². The number of likely N-dealkylation sites (tertiary alicyclic amines) is 1. The summed E-state index contributed by atoms with van der Waals surface area (Å²) in [5.41, 5.74) is 1.40. The zero-order chi connectivity index (χ0) is 25.1. The van der Waals surface area contributed by atoms with Gasteiger partial charge in [0.2, 0.25) is 5.95 Å². The quantitative estimate of drug-likeness (QED) is 0.509. The van der Waals surface area contributed by atoms with Crippen LogP contribution in [0.25, 0.3) is 11.3 Å². The number of carbonyl (C=O) groups excluding carboxylic acids is 2. The molecule has 0 unspecified atom stereocenters. The van der Waals surface area contributed by atoms with Crippen LogP contribution < -0.4 is 10.5 Å². The Hall–Kier alpha value is -4.01. The summed E-state index contributed by atoms with van der Waals surface area (Å²) < 4.78 is 6.86. The van der Waals surface area contributed by atoms with Crippen molar-refractivity contribution in [3.63, 3.8) is 0 Å². The first-order valence-corrected chi connectivity index (χ1v) is 12.3. The van der Waals surface area contributed by atoms with Gasteiger partial charge in [-0.2, -0.15) is 0 Å². The molecule has 1 amide bonds. The first-order valence-electron chi connectivity index (χ1n) is 12.3. The normalized spacial score (nSPS) is 16.5. The van der Waals surface area contributed by atoms with E-state index in [2.05, 4.69) is 4.98 Å². The van der Waals surface area contributed by atoms with Crippen molar-refractivity contribution in [1.82, 2.24) is 19.4 Å². The fourth-order valence-electron chi connectivity index (χ4n) is 5.19. The highest BCUT2D eigenvalue weighted by Crippen LogP contribution is 2.39. The first-order chi connectivity index (χ1) is 17.5. The van der Waals surface area contributed by atoms with Crippen LogP contribution in [0.1, 0.15) is 36.5 Å². The van der Waals surface area contributed by atoms with Crippen molar-refractivity contribution in [3.8, 4) is 11.3 Å². The summed E-state index contributed by atoms with van der Waals surface area (Å²) in [6.45, 7) is 3.76. The lowest BCUT2D eigenvalue weighted by molar-refractivity contribution is 0.0784. The van der Waals surface area contributed by atoms with E-state index in [1.807, 2.05) is 35.2 Å². The predicted molar refractivity (Wildman–Crippen MR) is 135 cm³/mol. The molecule has 3 aromatic rings. The number of hydrogen-bond donors (Lipinski definition) is 0. The highest BCUT2D eigenvalue weighted by atomic mass is 16.6. The number of ketones is 1. The third-order valence-electron chi connectivity index (χ3n) is 7.20. The summed E-state index contributed by atoms with van der Waals surface area (Å²) >= 11 is 0. The Balaban J connectivity index is 1.54. The lowest BCUT2D eigenvalue weighted by Crippen LogP contribution is -2.61. The van der Waals surface area contributed by atoms with Gasteiger partial charge in [-0.15, -0.1) is 0 Å². The van der Waals surface area contributed by atoms with E-state index in [9.17, 15) is 14.4 Å². The Morgan fingerprint density at radius 1 is 1.00 bits per heavy atom. The molecule has 2 aliphatic rings. The Kier molecular flexibility index (Phi) is 6.54. The van der Waals surface area contributed by atoms with Gasteiger partial charge in [-0.3, -0.25) is 19.1 Å². The maximum atomic E-state index is 13.4. The highest BCUT2D eigenvalue weighted by molar-refractivity contribution is 5.99.